The molecular weight excluding hydrogens is 329 g/mol. The van der Waals surface area contributed by atoms with E-state index in [4.69, 9.17) is 23.2 Å². The Bertz CT molecular complexity index is 736. The van der Waals surface area contributed by atoms with Crippen molar-refractivity contribution in [2.24, 2.45) is 0 Å². The maximum atomic E-state index is 12.4. The van der Waals surface area contributed by atoms with Crippen LogP contribution in [-0.4, -0.2) is 16.7 Å². The third-order valence-corrected chi connectivity index (χ3v) is 4.62. The third kappa shape index (κ3) is 2.62. The number of imide groups is 1. The van der Waals surface area contributed by atoms with Gasteiger partial charge >= 0.3 is 0 Å². The number of amides is 2. The lowest BCUT2D eigenvalue weighted by atomic mass is 10.2. The molecule has 0 aliphatic carbocycles. The van der Waals surface area contributed by atoms with Gasteiger partial charge in [0.2, 0.25) is 0 Å². The Balaban J connectivity index is 1.88. The summed E-state index contributed by atoms with van der Waals surface area (Å²) in [5, 5.41) is 2.43. The van der Waals surface area contributed by atoms with E-state index in [0.717, 1.165) is 10.5 Å². The van der Waals surface area contributed by atoms with Gasteiger partial charge in [0.15, 0.2) is 0 Å². The molecule has 0 bridgehead atoms. The van der Waals surface area contributed by atoms with E-state index in [-0.39, 0.29) is 23.1 Å². The molecule has 0 atom stereocenters. The average Bonchev–Trinajstić information content (AvgIpc) is 3.05. The summed E-state index contributed by atoms with van der Waals surface area (Å²) in [4.78, 5) is 26.5. The van der Waals surface area contributed by atoms with Crippen LogP contribution in [-0.2, 0) is 16.1 Å². The lowest BCUT2D eigenvalue weighted by molar-refractivity contribution is -0.137. The zero-order valence-electron chi connectivity index (χ0n) is 10.7. The van der Waals surface area contributed by atoms with Crippen LogP contribution in [0, 0.1) is 0 Å². The lowest BCUT2D eigenvalue weighted by Crippen LogP contribution is -2.30. The number of hydrogen-bond donors (Lipinski definition) is 0. The van der Waals surface area contributed by atoms with Gasteiger partial charge in [0, 0.05) is 9.90 Å². The van der Waals surface area contributed by atoms with E-state index in [1.807, 2.05) is 11.4 Å². The van der Waals surface area contributed by atoms with Crippen LogP contribution in [0.15, 0.2) is 46.8 Å². The number of thiophene rings is 1. The molecule has 2 aromatic rings. The van der Waals surface area contributed by atoms with Crippen molar-refractivity contribution in [1.82, 2.24) is 4.90 Å². The Morgan fingerprint density at radius 1 is 1.00 bits per heavy atom. The van der Waals surface area contributed by atoms with E-state index < -0.39 is 5.91 Å². The highest BCUT2D eigenvalue weighted by molar-refractivity contribution is 7.11. The standard InChI is InChI=1S/C15H9Cl2NO2S/c16-10-5-3-9(4-6-10)8-18-14(19)12(13(17)15(18)20)11-2-1-7-21-11/h1-7H,8H2. The summed E-state index contributed by atoms with van der Waals surface area (Å²) in [5.74, 6) is -0.817. The van der Waals surface area contributed by atoms with Crippen molar-refractivity contribution in [2.75, 3.05) is 0 Å². The van der Waals surface area contributed by atoms with Crippen LogP contribution < -0.4 is 0 Å². The van der Waals surface area contributed by atoms with Gasteiger partial charge in [0.25, 0.3) is 11.8 Å². The Morgan fingerprint density at radius 2 is 1.71 bits per heavy atom. The van der Waals surface area contributed by atoms with Crippen LogP contribution in [0.1, 0.15) is 10.4 Å². The minimum absolute atomic E-state index is 0.0172. The summed E-state index contributed by atoms with van der Waals surface area (Å²) in [6, 6.07) is 10.6. The molecule has 3 rings (SSSR count). The Morgan fingerprint density at radius 3 is 2.33 bits per heavy atom. The van der Waals surface area contributed by atoms with Crippen LogP contribution in [0.5, 0.6) is 0 Å². The van der Waals surface area contributed by atoms with Crippen LogP contribution in [0.2, 0.25) is 5.02 Å². The summed E-state index contributed by atoms with van der Waals surface area (Å²) < 4.78 is 0. The molecular formula is C15H9Cl2NO2S. The molecule has 0 unspecified atom stereocenters. The molecule has 1 aromatic carbocycles. The van der Waals surface area contributed by atoms with Crippen molar-refractivity contribution in [3.8, 4) is 0 Å². The highest BCUT2D eigenvalue weighted by atomic mass is 35.5. The molecule has 3 nitrogen and oxygen atoms in total. The quantitative estimate of drug-likeness (QED) is 0.796. The van der Waals surface area contributed by atoms with Gasteiger partial charge < -0.3 is 0 Å². The molecule has 0 fully saturated rings. The molecule has 2 heterocycles. The van der Waals surface area contributed by atoms with Crippen LogP contribution in [0.4, 0.5) is 0 Å². The molecule has 0 N–H and O–H groups in total. The third-order valence-electron chi connectivity index (χ3n) is 3.13. The van der Waals surface area contributed by atoms with Gasteiger partial charge in [-0.2, -0.15) is 0 Å². The number of hydrogen-bond acceptors (Lipinski definition) is 3. The van der Waals surface area contributed by atoms with Gasteiger partial charge in [-0.25, -0.2) is 0 Å². The molecule has 106 valence electrons. The molecule has 21 heavy (non-hydrogen) atoms. The number of benzene rings is 1. The first-order valence-electron chi connectivity index (χ1n) is 6.12. The number of carbonyl (C=O) groups is 2. The van der Waals surface area contributed by atoms with Crippen LogP contribution >= 0.6 is 34.5 Å². The minimum atomic E-state index is -0.458. The fourth-order valence-corrected chi connectivity index (χ4v) is 3.33. The first-order valence-corrected chi connectivity index (χ1v) is 7.76. The monoisotopic (exact) mass is 337 g/mol. The first kappa shape index (κ1) is 14.3. The fraction of sp³-hybridized carbons (Fsp3) is 0.0667. The second kappa shape index (κ2) is 5.64. The zero-order chi connectivity index (χ0) is 15.0. The summed E-state index contributed by atoms with van der Waals surface area (Å²) in [6.07, 6.45) is 0. The van der Waals surface area contributed by atoms with Gasteiger partial charge in [-0.15, -0.1) is 11.3 Å². The van der Waals surface area contributed by atoms with Crippen molar-refractivity contribution in [3.05, 3.63) is 62.3 Å². The van der Waals surface area contributed by atoms with Crippen LogP contribution in [0.3, 0.4) is 0 Å². The van der Waals surface area contributed by atoms with Crippen molar-refractivity contribution >= 4 is 51.9 Å². The summed E-state index contributed by atoms with van der Waals surface area (Å²) in [7, 11) is 0. The number of halogens is 2. The maximum absolute atomic E-state index is 12.4. The molecule has 2 amide bonds. The minimum Gasteiger partial charge on any atom is -0.269 e. The summed E-state index contributed by atoms with van der Waals surface area (Å²) >= 11 is 13.3. The van der Waals surface area contributed by atoms with Crippen molar-refractivity contribution in [2.45, 2.75) is 6.54 Å². The highest BCUT2D eigenvalue weighted by Crippen LogP contribution is 2.34. The average molecular weight is 338 g/mol. The van der Waals surface area contributed by atoms with E-state index in [1.54, 1.807) is 30.3 Å². The molecule has 0 saturated carbocycles. The summed E-state index contributed by atoms with van der Waals surface area (Å²) in [5.41, 5.74) is 1.10. The zero-order valence-corrected chi connectivity index (χ0v) is 13.0. The number of carbonyl (C=O) groups excluding carboxylic acids is 2. The van der Waals surface area contributed by atoms with Gasteiger partial charge in [0.05, 0.1) is 12.1 Å². The van der Waals surface area contributed by atoms with Gasteiger partial charge in [-0.1, -0.05) is 41.4 Å². The Kier molecular flexibility index (Phi) is 3.85. The molecule has 0 radical (unpaired) electrons. The molecule has 0 spiro atoms. The fourth-order valence-electron chi connectivity index (χ4n) is 2.10. The highest BCUT2D eigenvalue weighted by Gasteiger charge is 2.38. The van der Waals surface area contributed by atoms with Gasteiger partial charge in [-0.3, -0.25) is 14.5 Å². The molecule has 1 aliphatic rings. The van der Waals surface area contributed by atoms with Crippen LogP contribution in [0.25, 0.3) is 5.57 Å². The predicted octanol–water partition coefficient (Wildman–Crippen LogP) is 3.92. The van der Waals surface area contributed by atoms with Gasteiger partial charge in [0.1, 0.15) is 5.03 Å². The van der Waals surface area contributed by atoms with Gasteiger partial charge in [-0.05, 0) is 29.1 Å². The van der Waals surface area contributed by atoms with E-state index in [9.17, 15) is 9.59 Å². The first-order chi connectivity index (χ1) is 10.1. The predicted molar refractivity (Wildman–Crippen MR) is 84.1 cm³/mol. The van der Waals surface area contributed by atoms with E-state index in [1.165, 1.54) is 11.3 Å². The number of rotatable bonds is 3. The van der Waals surface area contributed by atoms with E-state index in [2.05, 4.69) is 0 Å². The maximum Gasteiger partial charge on any atom is 0.273 e. The molecule has 6 heteroatoms. The Hall–Kier alpha value is -1.62. The second-order valence-electron chi connectivity index (χ2n) is 4.49. The Labute approximate surface area is 135 Å². The van der Waals surface area contributed by atoms with Crippen molar-refractivity contribution in [3.63, 3.8) is 0 Å². The largest absolute Gasteiger partial charge is 0.273 e. The topological polar surface area (TPSA) is 37.4 Å². The smallest absolute Gasteiger partial charge is 0.269 e. The molecule has 1 aromatic heterocycles. The summed E-state index contributed by atoms with van der Waals surface area (Å²) in [6.45, 7) is 0.180. The second-order valence-corrected chi connectivity index (χ2v) is 6.25. The van der Waals surface area contributed by atoms with E-state index in [0.29, 0.717) is 9.90 Å². The molecule has 1 aliphatic heterocycles. The van der Waals surface area contributed by atoms with Crippen molar-refractivity contribution < 1.29 is 9.59 Å². The molecule has 0 saturated heterocycles. The SMILES string of the molecule is O=C1C(Cl)=C(c2cccs2)C(=O)N1Cc1ccc(Cl)cc1. The lowest BCUT2D eigenvalue weighted by Gasteiger charge is -2.14. The number of nitrogens with zero attached hydrogens (tertiary/aromatic N) is 1. The normalized spacial score (nSPS) is 15.2. The van der Waals surface area contributed by atoms with E-state index >= 15 is 0 Å². The van der Waals surface area contributed by atoms with Crippen molar-refractivity contribution in [1.29, 1.82) is 0 Å².